The van der Waals surface area contributed by atoms with Gasteiger partial charge in [-0.25, -0.2) is 0 Å². The first-order valence-corrected chi connectivity index (χ1v) is 7.53. The maximum atomic E-state index is 12.2. The van der Waals surface area contributed by atoms with Crippen LogP contribution in [-0.2, 0) is 9.53 Å². The zero-order valence-corrected chi connectivity index (χ0v) is 12.4. The molecule has 0 radical (unpaired) electrons. The summed E-state index contributed by atoms with van der Waals surface area (Å²) in [4.78, 5) is 23.4. The molecule has 116 valence electrons. The first kappa shape index (κ1) is 15.6. The van der Waals surface area contributed by atoms with Gasteiger partial charge in [0.1, 0.15) is 5.69 Å². The van der Waals surface area contributed by atoms with E-state index in [9.17, 15) is 9.59 Å². The number of ether oxygens (including phenoxy) is 1. The third kappa shape index (κ3) is 4.32. The van der Waals surface area contributed by atoms with Crippen LogP contribution in [0.2, 0.25) is 0 Å². The molecule has 2 heterocycles. The molecule has 0 spiro atoms. The Morgan fingerprint density at radius 3 is 2.90 bits per heavy atom. The Morgan fingerprint density at radius 2 is 2.19 bits per heavy atom. The Kier molecular flexibility index (Phi) is 5.80. The maximum Gasteiger partial charge on any atom is 0.307 e. The molecule has 0 unspecified atom stereocenters. The van der Waals surface area contributed by atoms with E-state index in [1.54, 1.807) is 6.92 Å². The smallest absolute Gasteiger partial charge is 0.307 e. The van der Waals surface area contributed by atoms with Crippen molar-refractivity contribution < 1.29 is 14.3 Å². The summed E-state index contributed by atoms with van der Waals surface area (Å²) in [5.41, 5.74) is 0.658. The van der Waals surface area contributed by atoms with Crippen LogP contribution in [0.15, 0.2) is 18.3 Å². The molecule has 1 amide bonds. The largest absolute Gasteiger partial charge is 0.466 e. The summed E-state index contributed by atoms with van der Waals surface area (Å²) in [5, 5.41) is 6.10. The highest BCUT2D eigenvalue weighted by atomic mass is 16.5. The lowest BCUT2D eigenvalue weighted by Gasteiger charge is -2.25. The Balaban J connectivity index is 1.88. The number of carbonyl (C=O) groups is 2. The number of nitrogens with one attached hydrogen (secondary N) is 2. The lowest BCUT2D eigenvalue weighted by Crippen LogP contribution is -2.33. The second kappa shape index (κ2) is 7.83. The van der Waals surface area contributed by atoms with Gasteiger partial charge in [0.2, 0.25) is 0 Å². The minimum absolute atomic E-state index is 0.136. The normalized spacial score (nSPS) is 15.7. The van der Waals surface area contributed by atoms with E-state index in [1.165, 1.54) is 0 Å². The van der Waals surface area contributed by atoms with Crippen molar-refractivity contribution in [2.75, 3.05) is 26.2 Å². The van der Waals surface area contributed by atoms with Crippen LogP contribution in [0.4, 0.5) is 0 Å². The third-order valence-electron chi connectivity index (χ3n) is 3.63. The first-order valence-electron chi connectivity index (χ1n) is 7.53. The van der Waals surface area contributed by atoms with Crippen molar-refractivity contribution in [3.63, 3.8) is 0 Å². The summed E-state index contributed by atoms with van der Waals surface area (Å²) in [6, 6.07) is 4.08. The predicted molar refractivity (Wildman–Crippen MR) is 79.2 cm³/mol. The highest BCUT2D eigenvalue weighted by Crippen LogP contribution is 2.21. The standard InChI is InChI=1S/C15H23N3O3/c1-2-21-14(19)7-10-17-15(20)13-4-3-11-18(13)12-5-8-16-9-6-12/h3-4,11-12,16H,2,5-10H2,1H3,(H,17,20). The Morgan fingerprint density at radius 1 is 1.43 bits per heavy atom. The van der Waals surface area contributed by atoms with Gasteiger partial charge >= 0.3 is 5.97 Å². The van der Waals surface area contributed by atoms with Gasteiger partial charge in [-0.15, -0.1) is 0 Å². The molecule has 0 atom stereocenters. The zero-order valence-electron chi connectivity index (χ0n) is 12.4. The van der Waals surface area contributed by atoms with Gasteiger partial charge in [-0.05, 0) is 45.0 Å². The van der Waals surface area contributed by atoms with E-state index < -0.39 is 0 Å². The van der Waals surface area contributed by atoms with E-state index in [0.717, 1.165) is 25.9 Å². The molecule has 1 saturated heterocycles. The molecule has 0 aromatic carbocycles. The van der Waals surface area contributed by atoms with Crippen LogP contribution in [0, 0.1) is 0 Å². The summed E-state index contributed by atoms with van der Waals surface area (Å²) in [6.45, 7) is 4.39. The van der Waals surface area contributed by atoms with Crippen molar-refractivity contribution in [2.45, 2.75) is 32.2 Å². The van der Waals surface area contributed by atoms with Crippen LogP contribution < -0.4 is 10.6 Å². The SMILES string of the molecule is CCOC(=O)CCNC(=O)c1cccn1C1CCNCC1. The molecule has 1 aromatic heterocycles. The molecule has 1 aliphatic rings. The summed E-state index contributed by atoms with van der Waals surface area (Å²) in [6.07, 6.45) is 4.21. The van der Waals surface area contributed by atoms with Crippen molar-refractivity contribution in [3.05, 3.63) is 24.0 Å². The monoisotopic (exact) mass is 293 g/mol. The van der Waals surface area contributed by atoms with Gasteiger partial charge in [-0.1, -0.05) is 0 Å². The fraction of sp³-hybridized carbons (Fsp3) is 0.600. The number of aromatic nitrogens is 1. The number of esters is 1. The number of nitrogens with zero attached hydrogens (tertiary/aromatic N) is 1. The van der Waals surface area contributed by atoms with Gasteiger partial charge in [0.25, 0.3) is 5.91 Å². The number of rotatable bonds is 6. The Bertz CT molecular complexity index is 478. The van der Waals surface area contributed by atoms with Gasteiger partial charge in [0.15, 0.2) is 0 Å². The molecule has 0 bridgehead atoms. The predicted octanol–water partition coefficient (Wildman–Crippen LogP) is 1.10. The van der Waals surface area contributed by atoms with Crippen molar-refractivity contribution in [1.29, 1.82) is 0 Å². The molecule has 2 rings (SSSR count). The minimum atomic E-state index is -0.286. The van der Waals surface area contributed by atoms with Crippen LogP contribution in [-0.4, -0.2) is 42.7 Å². The van der Waals surface area contributed by atoms with E-state index in [0.29, 0.717) is 24.9 Å². The molecule has 6 nitrogen and oxygen atoms in total. The van der Waals surface area contributed by atoms with E-state index in [2.05, 4.69) is 10.6 Å². The molecule has 2 N–H and O–H groups in total. The van der Waals surface area contributed by atoms with Gasteiger partial charge < -0.3 is 19.9 Å². The molecule has 0 saturated carbocycles. The van der Waals surface area contributed by atoms with Crippen molar-refractivity contribution >= 4 is 11.9 Å². The van der Waals surface area contributed by atoms with Crippen LogP contribution in [0.1, 0.15) is 42.7 Å². The average molecular weight is 293 g/mol. The van der Waals surface area contributed by atoms with E-state index >= 15 is 0 Å². The second-order valence-corrected chi connectivity index (χ2v) is 5.09. The minimum Gasteiger partial charge on any atom is -0.466 e. The molecule has 1 aromatic rings. The molecule has 1 aliphatic heterocycles. The lowest BCUT2D eigenvalue weighted by atomic mass is 10.1. The van der Waals surface area contributed by atoms with E-state index in [1.807, 2.05) is 22.9 Å². The second-order valence-electron chi connectivity index (χ2n) is 5.09. The number of hydrogen-bond acceptors (Lipinski definition) is 4. The summed E-state index contributed by atoms with van der Waals surface area (Å²) >= 11 is 0. The van der Waals surface area contributed by atoms with Gasteiger partial charge in [-0.2, -0.15) is 0 Å². The number of piperidine rings is 1. The highest BCUT2D eigenvalue weighted by Gasteiger charge is 2.19. The third-order valence-corrected chi connectivity index (χ3v) is 3.63. The Labute approximate surface area is 124 Å². The van der Waals surface area contributed by atoms with Gasteiger partial charge in [0, 0.05) is 18.8 Å². The quantitative estimate of drug-likeness (QED) is 0.770. The van der Waals surface area contributed by atoms with E-state index in [4.69, 9.17) is 4.74 Å². The van der Waals surface area contributed by atoms with E-state index in [-0.39, 0.29) is 18.3 Å². The molecular formula is C15H23N3O3. The van der Waals surface area contributed by atoms with Crippen LogP contribution >= 0.6 is 0 Å². The number of hydrogen-bond donors (Lipinski definition) is 2. The van der Waals surface area contributed by atoms with Gasteiger partial charge in [-0.3, -0.25) is 9.59 Å². The van der Waals surface area contributed by atoms with Crippen LogP contribution in [0.25, 0.3) is 0 Å². The zero-order chi connectivity index (χ0) is 15.1. The number of amides is 1. The van der Waals surface area contributed by atoms with Crippen LogP contribution in [0.5, 0.6) is 0 Å². The summed E-state index contributed by atoms with van der Waals surface area (Å²) in [7, 11) is 0. The summed E-state index contributed by atoms with van der Waals surface area (Å²) in [5.74, 6) is -0.422. The number of carbonyl (C=O) groups excluding carboxylic acids is 2. The van der Waals surface area contributed by atoms with Crippen molar-refractivity contribution in [1.82, 2.24) is 15.2 Å². The summed E-state index contributed by atoms with van der Waals surface area (Å²) < 4.78 is 6.87. The Hall–Kier alpha value is -1.82. The lowest BCUT2D eigenvalue weighted by molar-refractivity contribution is -0.142. The molecule has 6 heteroatoms. The van der Waals surface area contributed by atoms with Crippen LogP contribution in [0.3, 0.4) is 0 Å². The average Bonchev–Trinajstić information content (AvgIpc) is 2.98. The van der Waals surface area contributed by atoms with Gasteiger partial charge in [0.05, 0.1) is 13.0 Å². The fourth-order valence-corrected chi connectivity index (χ4v) is 2.59. The molecule has 1 fully saturated rings. The fourth-order valence-electron chi connectivity index (χ4n) is 2.59. The molecule has 21 heavy (non-hydrogen) atoms. The topological polar surface area (TPSA) is 72.4 Å². The molecule has 0 aliphatic carbocycles. The first-order chi connectivity index (χ1) is 10.2. The van der Waals surface area contributed by atoms with Crippen molar-refractivity contribution in [2.24, 2.45) is 0 Å². The van der Waals surface area contributed by atoms with Crippen molar-refractivity contribution in [3.8, 4) is 0 Å². The highest BCUT2D eigenvalue weighted by molar-refractivity contribution is 5.93. The molecular weight excluding hydrogens is 270 g/mol. The maximum absolute atomic E-state index is 12.2.